The van der Waals surface area contributed by atoms with Crippen LogP contribution in [0.3, 0.4) is 0 Å². The van der Waals surface area contributed by atoms with Crippen LogP contribution in [0.5, 0.6) is 0 Å². The molecule has 0 saturated heterocycles. The minimum Gasteiger partial charge on any atom is -0.380 e. The van der Waals surface area contributed by atoms with E-state index in [1.807, 2.05) is 0 Å². The highest BCUT2D eigenvalue weighted by Crippen LogP contribution is 2.32. The van der Waals surface area contributed by atoms with Gasteiger partial charge in [0.1, 0.15) is 11.7 Å². The topological polar surface area (TPSA) is 141 Å². The van der Waals surface area contributed by atoms with E-state index in [2.05, 4.69) is 0 Å². The molecule has 0 radical (unpaired) electrons. The highest BCUT2D eigenvalue weighted by Gasteiger charge is 2.33. The molecule has 2 aromatic carbocycles. The predicted octanol–water partition coefficient (Wildman–Crippen LogP) is 2.80. The minimum atomic E-state index is -1.78. The largest absolute Gasteiger partial charge is 0.380 e. The van der Waals surface area contributed by atoms with Gasteiger partial charge in [-0.15, -0.1) is 0 Å². The number of nitro groups is 2. The number of aliphatic hydroxyl groups excluding tert-OH is 1. The number of carbonyl (C=O) groups excluding carboxylic acids is 2. The molecule has 0 heterocycles. The van der Waals surface area contributed by atoms with E-state index in [-0.39, 0.29) is 5.56 Å². The van der Waals surface area contributed by atoms with Gasteiger partial charge >= 0.3 is 0 Å². The molecule has 1 unspecified atom stereocenters. The van der Waals surface area contributed by atoms with Crippen LogP contribution in [-0.2, 0) is 0 Å². The number of rotatable bonds is 6. The molecule has 1 atom stereocenters. The van der Waals surface area contributed by atoms with Gasteiger partial charge in [0.2, 0.25) is 0 Å². The summed E-state index contributed by atoms with van der Waals surface area (Å²) in [4.78, 5) is 44.2. The molecule has 1 N–H and O–H groups in total. The zero-order chi connectivity index (χ0) is 18.7. The Morgan fingerprint density at radius 2 is 1.64 bits per heavy atom. The highest BCUT2D eigenvalue weighted by atomic mass is 35.5. The van der Waals surface area contributed by atoms with E-state index in [1.165, 1.54) is 24.3 Å². The second-order valence-electron chi connectivity index (χ2n) is 4.85. The Morgan fingerprint density at radius 1 is 1.04 bits per heavy atom. The van der Waals surface area contributed by atoms with Gasteiger partial charge < -0.3 is 5.11 Å². The fraction of sp³-hybridized carbons (Fsp3) is 0.0667. The fourth-order valence-corrected chi connectivity index (χ4v) is 2.39. The standard InChI is InChI=1S/C15H9ClN2O7/c16-15(21)12-10(6-9(17(22)23)7-11(12)18(24)25)14(20)13(19)8-4-2-1-3-5-8/h1-7,13,19H. The van der Waals surface area contributed by atoms with E-state index >= 15 is 0 Å². The van der Waals surface area contributed by atoms with Crippen LogP contribution in [0.2, 0.25) is 0 Å². The molecular weight excluding hydrogens is 356 g/mol. The quantitative estimate of drug-likeness (QED) is 0.359. The first-order valence-corrected chi connectivity index (χ1v) is 7.05. The van der Waals surface area contributed by atoms with E-state index in [4.69, 9.17) is 11.6 Å². The molecule has 2 rings (SSSR count). The van der Waals surface area contributed by atoms with Gasteiger partial charge in [0.25, 0.3) is 16.6 Å². The lowest BCUT2D eigenvalue weighted by molar-refractivity contribution is -0.394. The van der Waals surface area contributed by atoms with E-state index in [9.17, 15) is 34.9 Å². The molecule has 0 aliphatic rings. The fourth-order valence-electron chi connectivity index (χ4n) is 2.20. The Kier molecular flexibility index (Phi) is 5.20. The average molecular weight is 365 g/mol. The van der Waals surface area contributed by atoms with Crippen molar-refractivity contribution in [1.82, 2.24) is 0 Å². The number of carbonyl (C=O) groups is 2. The summed E-state index contributed by atoms with van der Waals surface area (Å²) in [5, 5.41) is 30.9. The molecule has 25 heavy (non-hydrogen) atoms. The summed E-state index contributed by atoms with van der Waals surface area (Å²) >= 11 is 5.34. The average Bonchev–Trinajstić information content (AvgIpc) is 2.59. The molecule has 0 amide bonds. The van der Waals surface area contributed by atoms with Crippen molar-refractivity contribution in [2.75, 3.05) is 0 Å². The van der Waals surface area contributed by atoms with Crippen molar-refractivity contribution in [1.29, 1.82) is 0 Å². The summed E-state index contributed by atoms with van der Waals surface area (Å²) < 4.78 is 0. The van der Waals surface area contributed by atoms with Crippen LogP contribution in [0.4, 0.5) is 11.4 Å². The third kappa shape index (κ3) is 3.67. The van der Waals surface area contributed by atoms with E-state index < -0.39 is 49.5 Å². The maximum atomic E-state index is 12.5. The smallest absolute Gasteiger partial charge is 0.289 e. The zero-order valence-electron chi connectivity index (χ0n) is 12.3. The Labute approximate surface area is 144 Å². The number of ketones is 1. The monoisotopic (exact) mass is 364 g/mol. The molecule has 0 saturated carbocycles. The summed E-state index contributed by atoms with van der Waals surface area (Å²) in [7, 11) is 0. The summed E-state index contributed by atoms with van der Waals surface area (Å²) in [5.41, 5.74) is -3.13. The number of hydrogen-bond donors (Lipinski definition) is 1. The van der Waals surface area contributed by atoms with Crippen LogP contribution >= 0.6 is 11.6 Å². The summed E-state index contributed by atoms with van der Waals surface area (Å²) in [6.45, 7) is 0. The molecule has 0 aliphatic carbocycles. The first-order valence-electron chi connectivity index (χ1n) is 6.68. The van der Waals surface area contributed by atoms with Gasteiger partial charge in [-0.1, -0.05) is 30.3 Å². The van der Waals surface area contributed by atoms with Gasteiger partial charge in [-0.25, -0.2) is 0 Å². The Balaban J connectivity index is 2.69. The third-order valence-electron chi connectivity index (χ3n) is 3.34. The van der Waals surface area contributed by atoms with E-state index in [0.717, 1.165) is 0 Å². The van der Waals surface area contributed by atoms with Crippen molar-refractivity contribution in [3.05, 3.63) is 79.4 Å². The van der Waals surface area contributed by atoms with Crippen LogP contribution in [0.25, 0.3) is 0 Å². The summed E-state index contributed by atoms with van der Waals surface area (Å²) in [6.07, 6.45) is -1.78. The highest BCUT2D eigenvalue weighted by molar-refractivity contribution is 6.68. The molecule has 0 aromatic heterocycles. The molecule has 0 bridgehead atoms. The SMILES string of the molecule is O=C(Cl)c1c(C(=O)C(O)c2ccccc2)cc([N+](=O)[O-])cc1[N+](=O)[O-]. The van der Waals surface area contributed by atoms with Crippen molar-refractivity contribution >= 4 is 34.0 Å². The number of hydrogen-bond acceptors (Lipinski definition) is 7. The molecule has 9 nitrogen and oxygen atoms in total. The zero-order valence-corrected chi connectivity index (χ0v) is 13.0. The predicted molar refractivity (Wildman–Crippen MR) is 85.7 cm³/mol. The Hall–Kier alpha value is -3.17. The Bertz CT molecular complexity index is 883. The first kappa shape index (κ1) is 18.2. The van der Waals surface area contributed by atoms with Gasteiger partial charge in [-0.2, -0.15) is 0 Å². The van der Waals surface area contributed by atoms with E-state index in [1.54, 1.807) is 6.07 Å². The second kappa shape index (κ2) is 7.16. The molecular formula is C15H9ClN2O7. The van der Waals surface area contributed by atoms with Crippen LogP contribution in [0.1, 0.15) is 32.4 Å². The van der Waals surface area contributed by atoms with Gasteiger partial charge in [-0.05, 0) is 17.2 Å². The van der Waals surface area contributed by atoms with Crippen LogP contribution in [0, 0.1) is 20.2 Å². The van der Waals surface area contributed by atoms with Crippen LogP contribution in [0.15, 0.2) is 42.5 Å². The molecule has 10 heteroatoms. The minimum absolute atomic E-state index is 0.148. The number of benzene rings is 2. The van der Waals surface area contributed by atoms with Crippen molar-refractivity contribution in [3.8, 4) is 0 Å². The lowest BCUT2D eigenvalue weighted by Crippen LogP contribution is -2.17. The second-order valence-corrected chi connectivity index (χ2v) is 5.20. The lowest BCUT2D eigenvalue weighted by Gasteiger charge is -2.12. The number of nitrogens with zero attached hydrogens (tertiary/aromatic N) is 2. The maximum Gasteiger partial charge on any atom is 0.289 e. The molecule has 0 aliphatic heterocycles. The van der Waals surface area contributed by atoms with E-state index in [0.29, 0.717) is 12.1 Å². The van der Waals surface area contributed by atoms with Crippen LogP contribution in [-0.4, -0.2) is 26.0 Å². The first-order chi connectivity index (χ1) is 11.7. The van der Waals surface area contributed by atoms with Gasteiger partial charge in [-0.3, -0.25) is 29.8 Å². The summed E-state index contributed by atoms with van der Waals surface area (Å²) in [6, 6.07) is 8.74. The molecule has 0 fully saturated rings. The van der Waals surface area contributed by atoms with Gasteiger partial charge in [0, 0.05) is 11.6 Å². The molecule has 2 aromatic rings. The lowest BCUT2D eigenvalue weighted by atomic mass is 9.95. The Morgan fingerprint density at radius 3 is 2.12 bits per heavy atom. The van der Waals surface area contributed by atoms with Crippen molar-refractivity contribution < 1.29 is 24.5 Å². The molecule has 128 valence electrons. The van der Waals surface area contributed by atoms with Crippen molar-refractivity contribution in [3.63, 3.8) is 0 Å². The van der Waals surface area contributed by atoms with Crippen molar-refractivity contribution in [2.45, 2.75) is 6.10 Å². The maximum absolute atomic E-state index is 12.5. The van der Waals surface area contributed by atoms with Gasteiger partial charge in [0.05, 0.1) is 15.9 Å². The van der Waals surface area contributed by atoms with Gasteiger partial charge in [0.15, 0.2) is 5.78 Å². The van der Waals surface area contributed by atoms with Crippen LogP contribution < -0.4 is 0 Å². The number of halogens is 1. The summed E-state index contributed by atoms with van der Waals surface area (Å²) in [5.74, 6) is -1.12. The normalized spacial score (nSPS) is 11.6. The molecule has 0 spiro atoms. The number of non-ortho nitro benzene ring substituents is 1. The number of Topliss-reactive ketones (excluding diaryl/α,β-unsaturated/α-hetero) is 1. The van der Waals surface area contributed by atoms with Crippen molar-refractivity contribution in [2.24, 2.45) is 0 Å². The number of nitro benzene ring substituents is 2. The third-order valence-corrected chi connectivity index (χ3v) is 3.52. The number of aliphatic hydroxyl groups is 1.